The molecule has 0 N–H and O–H groups in total. The average Bonchev–Trinajstić information content (AvgIpc) is 2.96. The van der Waals surface area contributed by atoms with E-state index in [0.29, 0.717) is 0 Å². The minimum atomic E-state index is 0.897. The van der Waals surface area contributed by atoms with E-state index in [1.807, 2.05) is 30.8 Å². The molecule has 1 saturated heterocycles. The highest BCUT2D eigenvalue weighted by Gasteiger charge is 2.23. The summed E-state index contributed by atoms with van der Waals surface area (Å²) in [5, 5.41) is 4.49. The first kappa shape index (κ1) is 15.7. The van der Waals surface area contributed by atoms with Crippen LogP contribution in [-0.2, 0) is 7.05 Å². The van der Waals surface area contributed by atoms with Crippen LogP contribution in [0.25, 0.3) is 11.0 Å². The fraction of sp³-hybridized carbons (Fsp3) is 0.389. The topological polar surface area (TPSA) is 59.3 Å². The Balaban J connectivity index is 1.59. The van der Waals surface area contributed by atoms with Crippen molar-refractivity contribution < 1.29 is 4.74 Å². The summed E-state index contributed by atoms with van der Waals surface area (Å²) in [5.41, 5.74) is 4.02. The van der Waals surface area contributed by atoms with Crippen molar-refractivity contribution in [2.24, 2.45) is 7.05 Å². The number of piperazine rings is 1. The second kappa shape index (κ2) is 6.23. The van der Waals surface area contributed by atoms with E-state index in [4.69, 9.17) is 4.74 Å². The molecule has 0 spiro atoms. The van der Waals surface area contributed by atoms with Gasteiger partial charge < -0.3 is 14.5 Å². The van der Waals surface area contributed by atoms with Crippen LogP contribution in [0.1, 0.15) is 5.69 Å². The van der Waals surface area contributed by atoms with Crippen LogP contribution in [0.3, 0.4) is 0 Å². The molecular weight excluding hydrogens is 316 g/mol. The quantitative estimate of drug-likeness (QED) is 0.728. The molecule has 1 aliphatic rings. The maximum atomic E-state index is 5.50. The van der Waals surface area contributed by atoms with Crippen LogP contribution in [0.2, 0.25) is 0 Å². The van der Waals surface area contributed by atoms with Crippen molar-refractivity contribution in [3.05, 3.63) is 36.3 Å². The van der Waals surface area contributed by atoms with Crippen LogP contribution >= 0.6 is 0 Å². The number of ether oxygens (including phenoxy) is 1. The molecule has 7 heteroatoms. The van der Waals surface area contributed by atoms with Crippen LogP contribution < -0.4 is 14.5 Å². The number of methoxy groups -OCH3 is 1. The molecule has 1 aliphatic heterocycles. The summed E-state index contributed by atoms with van der Waals surface area (Å²) in [6.07, 6.45) is 1.64. The first-order chi connectivity index (χ1) is 12.2. The number of nitrogens with zero attached hydrogens (tertiary/aromatic N) is 6. The van der Waals surface area contributed by atoms with Gasteiger partial charge in [-0.1, -0.05) is 12.1 Å². The van der Waals surface area contributed by atoms with Crippen LogP contribution in [0.4, 0.5) is 11.5 Å². The number of hydrogen-bond acceptors (Lipinski definition) is 6. The van der Waals surface area contributed by atoms with Gasteiger partial charge in [0.05, 0.1) is 18.5 Å². The molecule has 7 nitrogen and oxygen atoms in total. The molecule has 2 aromatic heterocycles. The zero-order valence-electron chi connectivity index (χ0n) is 14.8. The van der Waals surface area contributed by atoms with E-state index in [2.05, 4.69) is 37.0 Å². The molecule has 1 aromatic carbocycles. The first-order valence-corrected chi connectivity index (χ1v) is 8.46. The van der Waals surface area contributed by atoms with E-state index < -0.39 is 0 Å². The largest absolute Gasteiger partial charge is 0.495 e. The number of aryl methyl sites for hydroxylation is 2. The van der Waals surface area contributed by atoms with Gasteiger partial charge in [0.15, 0.2) is 5.82 Å². The molecule has 0 aliphatic carbocycles. The van der Waals surface area contributed by atoms with Gasteiger partial charge in [0, 0.05) is 33.2 Å². The van der Waals surface area contributed by atoms with Crippen molar-refractivity contribution in [1.29, 1.82) is 0 Å². The van der Waals surface area contributed by atoms with Gasteiger partial charge in [0.2, 0.25) is 0 Å². The molecule has 0 saturated carbocycles. The Morgan fingerprint density at radius 1 is 1.00 bits per heavy atom. The Bertz CT molecular complexity index is 898. The second-order valence-corrected chi connectivity index (χ2v) is 6.25. The third kappa shape index (κ3) is 2.65. The Kier molecular flexibility index (Phi) is 3.91. The van der Waals surface area contributed by atoms with Gasteiger partial charge in [0.25, 0.3) is 0 Å². The number of fused-ring (bicyclic) bond motifs is 1. The number of benzene rings is 1. The maximum absolute atomic E-state index is 5.50. The van der Waals surface area contributed by atoms with Gasteiger partial charge in [-0.05, 0) is 19.1 Å². The van der Waals surface area contributed by atoms with Gasteiger partial charge in [-0.2, -0.15) is 5.10 Å². The number of hydrogen-bond donors (Lipinski definition) is 0. The van der Waals surface area contributed by atoms with Gasteiger partial charge in [-0.15, -0.1) is 0 Å². The van der Waals surface area contributed by atoms with Crippen LogP contribution in [0, 0.1) is 6.92 Å². The Hall–Kier alpha value is -2.83. The summed E-state index contributed by atoms with van der Waals surface area (Å²) < 4.78 is 7.38. The number of aromatic nitrogens is 4. The third-order valence-corrected chi connectivity index (χ3v) is 4.77. The predicted molar refractivity (Wildman–Crippen MR) is 98.5 cm³/mol. The van der Waals surface area contributed by atoms with Crippen LogP contribution in [-0.4, -0.2) is 53.0 Å². The van der Waals surface area contributed by atoms with Gasteiger partial charge in [-0.3, -0.25) is 4.68 Å². The summed E-state index contributed by atoms with van der Waals surface area (Å²) >= 11 is 0. The smallest absolute Gasteiger partial charge is 0.158 e. The normalized spacial score (nSPS) is 15.0. The van der Waals surface area contributed by atoms with Crippen molar-refractivity contribution >= 4 is 22.5 Å². The highest BCUT2D eigenvalue weighted by atomic mass is 16.5. The zero-order valence-corrected chi connectivity index (χ0v) is 14.8. The standard InChI is InChI=1S/C18H22N6O/c1-13-16-17(22(2)21-13)18(20-12-19-16)24-10-8-23(9-11-24)14-6-4-5-7-15(14)25-3/h4-7,12H,8-11H2,1-3H3. The molecule has 0 bridgehead atoms. The Morgan fingerprint density at radius 3 is 2.48 bits per heavy atom. The SMILES string of the molecule is COc1ccccc1N1CCN(c2ncnc3c(C)nn(C)c23)CC1. The minimum absolute atomic E-state index is 0.897. The van der Waals surface area contributed by atoms with E-state index in [0.717, 1.165) is 60.2 Å². The van der Waals surface area contributed by atoms with Gasteiger partial charge in [-0.25, -0.2) is 9.97 Å². The molecule has 0 amide bonds. The molecular formula is C18H22N6O. The summed E-state index contributed by atoms with van der Waals surface area (Å²) in [4.78, 5) is 13.6. The van der Waals surface area contributed by atoms with Gasteiger partial charge in [0.1, 0.15) is 23.1 Å². The lowest BCUT2D eigenvalue weighted by Gasteiger charge is -2.37. The molecule has 25 heavy (non-hydrogen) atoms. The highest BCUT2D eigenvalue weighted by molar-refractivity contribution is 5.87. The monoisotopic (exact) mass is 338 g/mol. The lowest BCUT2D eigenvalue weighted by Crippen LogP contribution is -2.47. The molecule has 130 valence electrons. The summed E-state index contributed by atoms with van der Waals surface area (Å²) in [6.45, 7) is 5.62. The zero-order chi connectivity index (χ0) is 17.4. The van der Waals surface area contributed by atoms with E-state index in [-0.39, 0.29) is 0 Å². The number of rotatable bonds is 3. The van der Waals surface area contributed by atoms with E-state index in [1.54, 1.807) is 13.4 Å². The molecule has 0 unspecified atom stereocenters. The summed E-state index contributed by atoms with van der Waals surface area (Å²) in [6, 6.07) is 8.17. The van der Waals surface area contributed by atoms with E-state index >= 15 is 0 Å². The van der Waals surface area contributed by atoms with Crippen molar-refractivity contribution in [2.75, 3.05) is 43.1 Å². The van der Waals surface area contributed by atoms with Gasteiger partial charge >= 0.3 is 0 Å². The Labute approximate surface area is 146 Å². The number of anilines is 2. The average molecular weight is 338 g/mol. The van der Waals surface area contributed by atoms with Crippen molar-refractivity contribution in [3.63, 3.8) is 0 Å². The molecule has 4 rings (SSSR count). The minimum Gasteiger partial charge on any atom is -0.495 e. The predicted octanol–water partition coefficient (Wildman–Crippen LogP) is 2.01. The fourth-order valence-electron chi connectivity index (χ4n) is 3.54. The number of para-hydroxylation sites is 2. The molecule has 0 atom stereocenters. The lowest BCUT2D eigenvalue weighted by molar-refractivity contribution is 0.413. The summed E-state index contributed by atoms with van der Waals surface area (Å²) in [7, 11) is 3.67. The van der Waals surface area contributed by atoms with Crippen molar-refractivity contribution in [3.8, 4) is 5.75 Å². The molecule has 0 radical (unpaired) electrons. The second-order valence-electron chi connectivity index (χ2n) is 6.25. The Morgan fingerprint density at radius 2 is 1.72 bits per heavy atom. The summed E-state index contributed by atoms with van der Waals surface area (Å²) in [5.74, 6) is 1.88. The molecule has 3 heterocycles. The first-order valence-electron chi connectivity index (χ1n) is 8.46. The van der Waals surface area contributed by atoms with Crippen molar-refractivity contribution in [1.82, 2.24) is 19.7 Å². The van der Waals surface area contributed by atoms with E-state index in [9.17, 15) is 0 Å². The van der Waals surface area contributed by atoms with E-state index in [1.165, 1.54) is 0 Å². The highest BCUT2D eigenvalue weighted by Crippen LogP contribution is 2.30. The third-order valence-electron chi connectivity index (χ3n) is 4.77. The molecule has 1 fully saturated rings. The van der Waals surface area contributed by atoms with Crippen LogP contribution in [0.15, 0.2) is 30.6 Å². The van der Waals surface area contributed by atoms with Crippen molar-refractivity contribution in [2.45, 2.75) is 6.92 Å². The maximum Gasteiger partial charge on any atom is 0.158 e. The molecule has 3 aromatic rings. The van der Waals surface area contributed by atoms with Crippen LogP contribution in [0.5, 0.6) is 5.75 Å². The lowest BCUT2D eigenvalue weighted by atomic mass is 10.2. The fourth-order valence-corrected chi connectivity index (χ4v) is 3.54.